The molecule has 0 saturated heterocycles. The van der Waals surface area contributed by atoms with Crippen LogP contribution < -0.4 is 5.32 Å². The fraction of sp³-hybridized carbons (Fsp3) is 0.435. The van der Waals surface area contributed by atoms with Crippen molar-refractivity contribution < 1.29 is 14.4 Å². The van der Waals surface area contributed by atoms with E-state index in [9.17, 15) is 14.4 Å². The van der Waals surface area contributed by atoms with Gasteiger partial charge in [0.2, 0.25) is 0 Å². The van der Waals surface area contributed by atoms with Crippen LogP contribution in [0.2, 0.25) is 0 Å². The van der Waals surface area contributed by atoms with E-state index in [0.29, 0.717) is 35.1 Å². The molecule has 0 aromatic heterocycles. The van der Waals surface area contributed by atoms with Crippen molar-refractivity contribution in [2.75, 3.05) is 5.32 Å². The van der Waals surface area contributed by atoms with E-state index in [2.05, 4.69) is 18.8 Å². The van der Waals surface area contributed by atoms with Crippen LogP contribution in [-0.4, -0.2) is 17.5 Å². The molecular formula is C23H27NO3. The van der Waals surface area contributed by atoms with Crippen molar-refractivity contribution in [2.45, 2.75) is 46.5 Å². The zero-order valence-corrected chi connectivity index (χ0v) is 16.3. The lowest BCUT2D eigenvalue weighted by Gasteiger charge is -2.19. The number of fused-ring (bicyclic) bond motifs is 1. The van der Waals surface area contributed by atoms with Gasteiger partial charge in [0, 0.05) is 23.2 Å². The normalized spacial score (nSPS) is 25.0. The summed E-state index contributed by atoms with van der Waals surface area (Å²) in [6.07, 6.45) is 3.29. The number of carbonyl (C=O) groups excluding carboxylic acids is 3. The van der Waals surface area contributed by atoms with Crippen LogP contribution in [-0.2, 0) is 9.59 Å². The number of ketones is 2. The SMILES string of the molecule is C=C(C(=O)Nc1ccc(C(C)=O)cc1)[C@@H]1CCC(C)C2CC(=O)C(C)=C2C1. The summed E-state index contributed by atoms with van der Waals surface area (Å²) in [5.74, 6) is 0.908. The average molecular weight is 365 g/mol. The first-order chi connectivity index (χ1) is 12.8. The van der Waals surface area contributed by atoms with Crippen LogP contribution in [0.4, 0.5) is 5.69 Å². The third kappa shape index (κ3) is 3.95. The lowest BCUT2D eigenvalue weighted by Crippen LogP contribution is -2.20. The average Bonchev–Trinajstić information content (AvgIpc) is 2.82. The summed E-state index contributed by atoms with van der Waals surface area (Å²) >= 11 is 0. The first-order valence-corrected chi connectivity index (χ1v) is 9.62. The molecule has 142 valence electrons. The number of rotatable bonds is 4. The van der Waals surface area contributed by atoms with E-state index in [4.69, 9.17) is 0 Å². The zero-order chi connectivity index (χ0) is 19.7. The van der Waals surface area contributed by atoms with Gasteiger partial charge >= 0.3 is 0 Å². The van der Waals surface area contributed by atoms with E-state index in [1.54, 1.807) is 24.3 Å². The Kier molecular flexibility index (Phi) is 5.45. The number of hydrogen-bond donors (Lipinski definition) is 1. The van der Waals surface area contributed by atoms with Crippen molar-refractivity contribution in [3.63, 3.8) is 0 Å². The molecule has 2 aliphatic carbocycles. The van der Waals surface area contributed by atoms with Crippen LogP contribution in [0, 0.1) is 17.8 Å². The Labute approximate surface area is 160 Å². The van der Waals surface area contributed by atoms with Crippen molar-refractivity contribution >= 4 is 23.2 Å². The highest BCUT2D eigenvalue weighted by molar-refractivity contribution is 6.04. The molecule has 27 heavy (non-hydrogen) atoms. The second-order valence-electron chi connectivity index (χ2n) is 7.95. The summed E-state index contributed by atoms with van der Waals surface area (Å²) in [4.78, 5) is 36.2. The molecule has 1 N–H and O–H groups in total. The Morgan fingerprint density at radius 3 is 2.41 bits per heavy atom. The first-order valence-electron chi connectivity index (χ1n) is 9.62. The van der Waals surface area contributed by atoms with Crippen LogP contribution in [0.1, 0.15) is 56.8 Å². The number of carbonyl (C=O) groups is 3. The van der Waals surface area contributed by atoms with Crippen LogP contribution >= 0.6 is 0 Å². The Morgan fingerprint density at radius 1 is 1.11 bits per heavy atom. The maximum Gasteiger partial charge on any atom is 0.251 e. The van der Waals surface area contributed by atoms with E-state index in [1.165, 1.54) is 12.5 Å². The molecule has 4 nitrogen and oxygen atoms in total. The van der Waals surface area contributed by atoms with Crippen LogP contribution in [0.3, 0.4) is 0 Å². The topological polar surface area (TPSA) is 63.2 Å². The van der Waals surface area contributed by atoms with Gasteiger partial charge in [-0.3, -0.25) is 14.4 Å². The lowest BCUT2D eigenvalue weighted by molar-refractivity contribution is -0.115. The predicted octanol–water partition coefficient (Wildman–Crippen LogP) is 4.73. The van der Waals surface area contributed by atoms with Gasteiger partial charge in [-0.2, -0.15) is 0 Å². The molecule has 1 saturated carbocycles. The molecule has 1 amide bonds. The summed E-state index contributed by atoms with van der Waals surface area (Å²) in [5, 5.41) is 2.88. The van der Waals surface area contributed by atoms with Crippen molar-refractivity contribution in [2.24, 2.45) is 17.8 Å². The monoisotopic (exact) mass is 365 g/mol. The Morgan fingerprint density at radius 2 is 1.78 bits per heavy atom. The van der Waals surface area contributed by atoms with Gasteiger partial charge < -0.3 is 5.32 Å². The van der Waals surface area contributed by atoms with Gasteiger partial charge in [0.05, 0.1) is 0 Å². The zero-order valence-electron chi connectivity index (χ0n) is 16.3. The van der Waals surface area contributed by atoms with Crippen LogP contribution in [0.25, 0.3) is 0 Å². The fourth-order valence-corrected chi connectivity index (χ4v) is 4.30. The molecule has 3 rings (SSSR count). The summed E-state index contributed by atoms with van der Waals surface area (Å²) in [6, 6.07) is 6.87. The molecule has 1 aromatic carbocycles. The first kappa shape index (κ1) is 19.3. The Balaban J connectivity index is 1.72. The van der Waals surface area contributed by atoms with E-state index >= 15 is 0 Å². The standard InChI is InChI=1S/C23H27NO3/c1-13-5-6-18(11-21-15(3)22(26)12-20(13)21)14(2)23(27)24-19-9-7-17(8-10-19)16(4)25/h7-10,13,18,20H,2,5-6,11-12H2,1,3-4H3,(H,24,27)/t13?,18-,20?/m1/s1. The number of Topliss-reactive ketones (excluding diaryl/α,β-unsaturated/α-hetero) is 2. The number of allylic oxidation sites excluding steroid dienone is 2. The van der Waals surface area contributed by atoms with Crippen molar-refractivity contribution in [3.8, 4) is 0 Å². The smallest absolute Gasteiger partial charge is 0.251 e. The maximum atomic E-state index is 12.7. The maximum absolute atomic E-state index is 12.7. The molecule has 0 bridgehead atoms. The van der Waals surface area contributed by atoms with Gasteiger partial charge in [-0.1, -0.05) is 19.1 Å². The number of amides is 1. The minimum Gasteiger partial charge on any atom is -0.322 e. The second-order valence-corrected chi connectivity index (χ2v) is 7.95. The molecule has 1 fully saturated rings. The molecule has 0 radical (unpaired) electrons. The van der Waals surface area contributed by atoms with Gasteiger partial charge in [-0.05, 0) is 80.7 Å². The van der Waals surface area contributed by atoms with Gasteiger partial charge in [0.15, 0.2) is 11.6 Å². The number of nitrogens with one attached hydrogen (secondary N) is 1. The number of hydrogen-bond acceptors (Lipinski definition) is 3. The summed E-state index contributed by atoms with van der Waals surface area (Å²) in [7, 11) is 0. The summed E-state index contributed by atoms with van der Waals surface area (Å²) in [5.41, 5.74) is 3.96. The third-order valence-electron chi connectivity index (χ3n) is 6.21. The van der Waals surface area contributed by atoms with E-state index in [1.807, 2.05) is 6.92 Å². The fourth-order valence-electron chi connectivity index (χ4n) is 4.30. The lowest BCUT2D eigenvalue weighted by atomic mass is 9.86. The van der Waals surface area contributed by atoms with Gasteiger partial charge in [0.1, 0.15) is 0 Å². The van der Waals surface area contributed by atoms with Crippen LogP contribution in [0.15, 0.2) is 47.6 Å². The minimum absolute atomic E-state index is 0.00540. The van der Waals surface area contributed by atoms with Crippen molar-refractivity contribution in [3.05, 3.63) is 53.1 Å². The largest absolute Gasteiger partial charge is 0.322 e. The Bertz CT molecular complexity index is 832. The summed E-state index contributed by atoms with van der Waals surface area (Å²) in [6.45, 7) is 9.72. The number of anilines is 1. The number of benzene rings is 1. The third-order valence-corrected chi connectivity index (χ3v) is 6.21. The molecule has 0 heterocycles. The predicted molar refractivity (Wildman–Crippen MR) is 107 cm³/mol. The molecule has 4 heteroatoms. The van der Waals surface area contributed by atoms with Gasteiger partial charge in [0.25, 0.3) is 5.91 Å². The highest BCUT2D eigenvalue weighted by Crippen LogP contribution is 2.45. The quantitative estimate of drug-likeness (QED) is 0.620. The second kappa shape index (κ2) is 7.63. The van der Waals surface area contributed by atoms with Crippen molar-refractivity contribution in [1.82, 2.24) is 0 Å². The van der Waals surface area contributed by atoms with Crippen molar-refractivity contribution in [1.29, 1.82) is 0 Å². The summed E-state index contributed by atoms with van der Waals surface area (Å²) < 4.78 is 0. The van der Waals surface area contributed by atoms with Crippen LogP contribution in [0.5, 0.6) is 0 Å². The molecule has 1 aromatic rings. The highest BCUT2D eigenvalue weighted by Gasteiger charge is 2.37. The van der Waals surface area contributed by atoms with E-state index in [-0.39, 0.29) is 23.4 Å². The molecule has 3 atom stereocenters. The molecular weight excluding hydrogens is 338 g/mol. The van der Waals surface area contributed by atoms with E-state index in [0.717, 1.165) is 24.8 Å². The molecule has 0 aliphatic heterocycles. The Hall–Kier alpha value is -2.49. The highest BCUT2D eigenvalue weighted by atomic mass is 16.2. The van der Waals surface area contributed by atoms with Gasteiger partial charge in [-0.15, -0.1) is 0 Å². The van der Waals surface area contributed by atoms with E-state index < -0.39 is 0 Å². The molecule has 2 aliphatic rings. The molecule has 0 spiro atoms. The minimum atomic E-state index is -0.191. The molecule has 2 unspecified atom stereocenters. The van der Waals surface area contributed by atoms with Gasteiger partial charge in [-0.25, -0.2) is 0 Å².